The summed E-state index contributed by atoms with van der Waals surface area (Å²) in [6.45, 7) is 7.30. The minimum atomic E-state index is 0.654. The molecule has 1 aromatic heterocycles. The van der Waals surface area contributed by atoms with Gasteiger partial charge in [0.1, 0.15) is 5.82 Å². The number of anilines is 2. The SMILES string of the molecule is CCNc1ncc(Br)c(N(CC)CCOC)n1. The summed E-state index contributed by atoms with van der Waals surface area (Å²) in [5.41, 5.74) is 0. The van der Waals surface area contributed by atoms with Crippen molar-refractivity contribution in [2.75, 3.05) is 43.6 Å². The third-order valence-electron chi connectivity index (χ3n) is 2.31. The Balaban J connectivity index is 2.87. The fourth-order valence-electron chi connectivity index (χ4n) is 1.44. The average molecular weight is 303 g/mol. The molecule has 0 aliphatic carbocycles. The van der Waals surface area contributed by atoms with Crippen LogP contribution in [-0.4, -0.2) is 43.3 Å². The van der Waals surface area contributed by atoms with E-state index < -0.39 is 0 Å². The number of rotatable bonds is 7. The number of nitrogens with zero attached hydrogens (tertiary/aromatic N) is 3. The van der Waals surface area contributed by atoms with Crippen molar-refractivity contribution < 1.29 is 4.74 Å². The Kier molecular flexibility index (Phi) is 6.21. The molecule has 0 aliphatic rings. The topological polar surface area (TPSA) is 50.3 Å². The van der Waals surface area contributed by atoms with Crippen molar-refractivity contribution in [3.05, 3.63) is 10.7 Å². The van der Waals surface area contributed by atoms with Gasteiger partial charge in [-0.05, 0) is 29.8 Å². The predicted molar refractivity (Wildman–Crippen MR) is 73.7 cm³/mol. The zero-order chi connectivity index (χ0) is 12.7. The van der Waals surface area contributed by atoms with Gasteiger partial charge in [0.15, 0.2) is 0 Å². The van der Waals surface area contributed by atoms with E-state index in [4.69, 9.17) is 4.74 Å². The highest BCUT2D eigenvalue weighted by atomic mass is 79.9. The van der Waals surface area contributed by atoms with E-state index in [1.807, 2.05) is 6.92 Å². The quantitative estimate of drug-likeness (QED) is 0.836. The lowest BCUT2D eigenvalue weighted by atomic mass is 10.4. The molecule has 0 bridgehead atoms. The van der Waals surface area contributed by atoms with Gasteiger partial charge in [-0.2, -0.15) is 4.98 Å². The third kappa shape index (κ3) is 4.12. The summed E-state index contributed by atoms with van der Waals surface area (Å²) in [6.07, 6.45) is 1.77. The van der Waals surface area contributed by atoms with E-state index in [-0.39, 0.29) is 0 Å². The van der Waals surface area contributed by atoms with Crippen LogP contribution in [0.5, 0.6) is 0 Å². The lowest BCUT2D eigenvalue weighted by Gasteiger charge is -2.22. The number of aromatic nitrogens is 2. The Morgan fingerprint density at radius 2 is 2.24 bits per heavy atom. The lowest BCUT2D eigenvalue weighted by molar-refractivity contribution is 0.205. The maximum absolute atomic E-state index is 5.10. The van der Waals surface area contributed by atoms with Gasteiger partial charge in [-0.15, -0.1) is 0 Å². The summed E-state index contributed by atoms with van der Waals surface area (Å²) in [5.74, 6) is 1.55. The molecule has 17 heavy (non-hydrogen) atoms. The maximum atomic E-state index is 5.10. The predicted octanol–water partition coefficient (Wildman–Crippen LogP) is 2.14. The summed E-state index contributed by atoms with van der Waals surface area (Å²) < 4.78 is 6.00. The van der Waals surface area contributed by atoms with E-state index in [2.05, 4.69) is 43.0 Å². The van der Waals surface area contributed by atoms with Crippen molar-refractivity contribution >= 4 is 27.7 Å². The lowest BCUT2D eigenvalue weighted by Crippen LogP contribution is -2.28. The summed E-state index contributed by atoms with van der Waals surface area (Å²) in [5, 5.41) is 3.11. The molecule has 0 amide bonds. The maximum Gasteiger partial charge on any atom is 0.224 e. The zero-order valence-electron chi connectivity index (χ0n) is 10.5. The highest BCUT2D eigenvalue weighted by Gasteiger charge is 2.11. The molecule has 0 saturated heterocycles. The largest absolute Gasteiger partial charge is 0.383 e. The number of hydrogen-bond donors (Lipinski definition) is 1. The van der Waals surface area contributed by atoms with Gasteiger partial charge < -0.3 is 15.0 Å². The van der Waals surface area contributed by atoms with Crippen LogP contribution in [0.1, 0.15) is 13.8 Å². The fraction of sp³-hybridized carbons (Fsp3) is 0.636. The molecule has 0 unspecified atom stereocenters. The molecule has 1 aromatic rings. The summed E-state index contributed by atoms with van der Waals surface area (Å²) in [7, 11) is 1.70. The summed E-state index contributed by atoms with van der Waals surface area (Å²) in [6, 6.07) is 0. The van der Waals surface area contributed by atoms with Crippen LogP contribution in [0.4, 0.5) is 11.8 Å². The molecular formula is C11H19BrN4O. The van der Waals surface area contributed by atoms with Gasteiger partial charge in [0.25, 0.3) is 0 Å². The molecule has 5 nitrogen and oxygen atoms in total. The van der Waals surface area contributed by atoms with Crippen LogP contribution >= 0.6 is 15.9 Å². The van der Waals surface area contributed by atoms with Gasteiger partial charge in [-0.1, -0.05) is 0 Å². The average Bonchev–Trinajstić information content (AvgIpc) is 2.34. The second-order valence-electron chi connectivity index (χ2n) is 3.47. The van der Waals surface area contributed by atoms with Gasteiger partial charge in [-0.3, -0.25) is 0 Å². The molecule has 0 radical (unpaired) electrons. The van der Waals surface area contributed by atoms with Crippen LogP contribution in [0.2, 0.25) is 0 Å². The zero-order valence-corrected chi connectivity index (χ0v) is 12.1. The van der Waals surface area contributed by atoms with E-state index in [1.54, 1.807) is 13.3 Å². The van der Waals surface area contributed by atoms with E-state index >= 15 is 0 Å². The van der Waals surface area contributed by atoms with E-state index in [9.17, 15) is 0 Å². The molecule has 1 rings (SSSR count). The van der Waals surface area contributed by atoms with Gasteiger partial charge in [0.05, 0.1) is 11.1 Å². The molecule has 6 heteroatoms. The fourth-order valence-corrected chi connectivity index (χ4v) is 1.88. The van der Waals surface area contributed by atoms with E-state index in [0.29, 0.717) is 12.6 Å². The van der Waals surface area contributed by atoms with Crippen molar-refractivity contribution in [2.45, 2.75) is 13.8 Å². The molecule has 0 aromatic carbocycles. The molecule has 0 spiro atoms. The number of likely N-dealkylation sites (N-methyl/N-ethyl adjacent to an activating group) is 1. The first-order chi connectivity index (χ1) is 8.22. The molecule has 1 heterocycles. The van der Waals surface area contributed by atoms with Gasteiger partial charge in [0.2, 0.25) is 5.95 Å². The Hall–Kier alpha value is -0.880. The number of nitrogens with one attached hydrogen (secondary N) is 1. The van der Waals surface area contributed by atoms with Crippen LogP contribution in [0.3, 0.4) is 0 Å². The minimum Gasteiger partial charge on any atom is -0.383 e. The van der Waals surface area contributed by atoms with Gasteiger partial charge in [-0.25, -0.2) is 4.98 Å². The van der Waals surface area contributed by atoms with Crippen LogP contribution in [0.25, 0.3) is 0 Å². The smallest absolute Gasteiger partial charge is 0.224 e. The number of hydrogen-bond acceptors (Lipinski definition) is 5. The van der Waals surface area contributed by atoms with Crippen LogP contribution < -0.4 is 10.2 Å². The molecule has 0 fully saturated rings. The third-order valence-corrected chi connectivity index (χ3v) is 2.87. The van der Waals surface area contributed by atoms with Crippen LogP contribution in [0, 0.1) is 0 Å². The molecular weight excluding hydrogens is 284 g/mol. The number of methoxy groups -OCH3 is 1. The van der Waals surface area contributed by atoms with Crippen molar-refractivity contribution in [1.29, 1.82) is 0 Å². The van der Waals surface area contributed by atoms with Crippen LogP contribution in [0.15, 0.2) is 10.7 Å². The van der Waals surface area contributed by atoms with Gasteiger partial charge in [0, 0.05) is 32.9 Å². The Morgan fingerprint density at radius 1 is 1.47 bits per heavy atom. The minimum absolute atomic E-state index is 0.654. The number of halogens is 1. The van der Waals surface area contributed by atoms with Crippen molar-refractivity contribution in [3.8, 4) is 0 Å². The van der Waals surface area contributed by atoms with Crippen molar-refractivity contribution in [1.82, 2.24) is 9.97 Å². The first kappa shape index (κ1) is 14.2. The van der Waals surface area contributed by atoms with Crippen LogP contribution in [-0.2, 0) is 4.74 Å². The van der Waals surface area contributed by atoms with Gasteiger partial charge >= 0.3 is 0 Å². The molecule has 0 atom stereocenters. The standard InChI is InChI=1S/C11H19BrN4O/c1-4-13-11-14-8-9(12)10(15-11)16(5-2)6-7-17-3/h8H,4-7H2,1-3H3,(H,13,14,15). The summed E-state index contributed by atoms with van der Waals surface area (Å²) >= 11 is 3.48. The Bertz CT molecular complexity index is 348. The molecule has 0 saturated carbocycles. The monoisotopic (exact) mass is 302 g/mol. The summed E-state index contributed by atoms with van der Waals surface area (Å²) in [4.78, 5) is 10.8. The normalized spacial score (nSPS) is 10.4. The van der Waals surface area contributed by atoms with Crippen molar-refractivity contribution in [3.63, 3.8) is 0 Å². The number of ether oxygens (including phenoxy) is 1. The molecule has 0 aliphatic heterocycles. The second-order valence-corrected chi connectivity index (χ2v) is 4.32. The Morgan fingerprint density at radius 3 is 2.82 bits per heavy atom. The Labute approximate surface area is 111 Å². The van der Waals surface area contributed by atoms with Crippen molar-refractivity contribution in [2.24, 2.45) is 0 Å². The first-order valence-electron chi connectivity index (χ1n) is 5.73. The molecule has 1 N–H and O–H groups in total. The first-order valence-corrected chi connectivity index (χ1v) is 6.52. The molecule has 96 valence electrons. The van der Waals surface area contributed by atoms with E-state index in [0.717, 1.165) is 29.9 Å². The highest BCUT2D eigenvalue weighted by Crippen LogP contribution is 2.23. The highest BCUT2D eigenvalue weighted by molar-refractivity contribution is 9.10. The van der Waals surface area contributed by atoms with E-state index in [1.165, 1.54) is 0 Å². The second kappa shape index (κ2) is 7.45.